The molecule has 4 nitrogen and oxygen atoms in total. The van der Waals surface area contributed by atoms with Gasteiger partial charge < -0.3 is 10.2 Å². The molecule has 2 aromatic rings. The Hall–Kier alpha value is -1.65. The van der Waals surface area contributed by atoms with E-state index in [-0.39, 0.29) is 0 Å². The molecule has 0 aliphatic rings. The minimum atomic E-state index is -1.51. The molecule has 1 aromatic carbocycles. The van der Waals surface area contributed by atoms with Crippen LogP contribution < -0.4 is 0 Å². The fraction of sp³-hybridized carbons (Fsp3) is 0.182. The van der Waals surface area contributed by atoms with Gasteiger partial charge in [-0.3, -0.25) is 0 Å². The zero-order chi connectivity index (χ0) is 10.8. The number of rotatable bonds is 2. The fourth-order valence-corrected chi connectivity index (χ4v) is 1.48. The Morgan fingerprint density at radius 1 is 1.20 bits per heavy atom. The number of hydrogen-bond donors (Lipinski definition) is 2. The number of nitrogens with zero attached hydrogens (tertiary/aromatic N) is 2. The van der Waals surface area contributed by atoms with Crippen molar-refractivity contribution >= 4 is 0 Å². The molecule has 0 saturated heterocycles. The lowest BCUT2D eigenvalue weighted by Gasteiger charge is -2.07. The van der Waals surface area contributed by atoms with Crippen molar-refractivity contribution in [3.05, 3.63) is 47.8 Å². The first kappa shape index (κ1) is 9.89. The van der Waals surface area contributed by atoms with Crippen molar-refractivity contribution < 1.29 is 10.2 Å². The Balaban J connectivity index is 2.53. The van der Waals surface area contributed by atoms with E-state index in [0.717, 1.165) is 11.4 Å². The van der Waals surface area contributed by atoms with Gasteiger partial charge in [0.15, 0.2) is 6.29 Å². The first-order valence-electron chi connectivity index (χ1n) is 4.66. The van der Waals surface area contributed by atoms with Gasteiger partial charge in [0, 0.05) is 0 Å². The third kappa shape index (κ3) is 1.91. The van der Waals surface area contributed by atoms with E-state index in [1.165, 1.54) is 4.68 Å². The summed E-state index contributed by atoms with van der Waals surface area (Å²) in [5.41, 5.74) is 1.94. The first-order chi connectivity index (χ1) is 7.18. The van der Waals surface area contributed by atoms with Crippen molar-refractivity contribution in [1.82, 2.24) is 9.78 Å². The molecular weight excluding hydrogens is 192 g/mol. The Kier molecular flexibility index (Phi) is 2.53. The average molecular weight is 204 g/mol. The second-order valence-corrected chi connectivity index (χ2v) is 3.33. The van der Waals surface area contributed by atoms with Crippen molar-refractivity contribution in [1.29, 1.82) is 0 Å². The lowest BCUT2D eigenvalue weighted by Crippen LogP contribution is -2.06. The number of aryl methyl sites for hydroxylation is 1. The monoisotopic (exact) mass is 204 g/mol. The van der Waals surface area contributed by atoms with Crippen molar-refractivity contribution in [3.63, 3.8) is 0 Å². The SMILES string of the molecule is Cc1cc(C(O)O)n(-c2ccccc2)n1. The molecule has 78 valence electrons. The fourth-order valence-electron chi connectivity index (χ4n) is 1.48. The van der Waals surface area contributed by atoms with Crippen LogP contribution >= 0.6 is 0 Å². The summed E-state index contributed by atoms with van der Waals surface area (Å²) in [6.45, 7) is 1.81. The molecule has 2 rings (SSSR count). The zero-order valence-electron chi connectivity index (χ0n) is 8.33. The smallest absolute Gasteiger partial charge is 0.196 e. The number of hydrogen-bond acceptors (Lipinski definition) is 3. The van der Waals surface area contributed by atoms with Crippen LogP contribution in [0.1, 0.15) is 17.7 Å². The standard InChI is InChI=1S/C11H12N2O2/c1-8-7-10(11(14)15)13(12-8)9-5-3-2-4-6-9/h2-7,11,14-15H,1H3. The molecule has 0 fully saturated rings. The minimum Gasteiger partial charge on any atom is -0.363 e. The number of benzene rings is 1. The Labute approximate surface area is 87.4 Å². The molecule has 15 heavy (non-hydrogen) atoms. The van der Waals surface area contributed by atoms with Gasteiger partial charge in [-0.25, -0.2) is 4.68 Å². The molecule has 0 radical (unpaired) electrons. The average Bonchev–Trinajstić information content (AvgIpc) is 2.62. The van der Waals surface area contributed by atoms with Gasteiger partial charge in [-0.15, -0.1) is 0 Å². The largest absolute Gasteiger partial charge is 0.363 e. The van der Waals surface area contributed by atoms with Gasteiger partial charge in [0.2, 0.25) is 0 Å². The zero-order valence-corrected chi connectivity index (χ0v) is 8.33. The van der Waals surface area contributed by atoms with E-state index in [4.69, 9.17) is 0 Å². The summed E-state index contributed by atoms with van der Waals surface area (Å²) in [6.07, 6.45) is -1.51. The summed E-state index contributed by atoms with van der Waals surface area (Å²) in [5.74, 6) is 0. The maximum absolute atomic E-state index is 9.17. The van der Waals surface area contributed by atoms with E-state index < -0.39 is 6.29 Å². The Morgan fingerprint density at radius 3 is 2.47 bits per heavy atom. The lowest BCUT2D eigenvalue weighted by atomic mass is 10.3. The van der Waals surface area contributed by atoms with Gasteiger partial charge in [-0.2, -0.15) is 5.10 Å². The second-order valence-electron chi connectivity index (χ2n) is 3.33. The molecule has 0 unspecified atom stereocenters. The lowest BCUT2D eigenvalue weighted by molar-refractivity contribution is -0.0475. The van der Waals surface area contributed by atoms with Crippen LogP contribution in [0.25, 0.3) is 5.69 Å². The van der Waals surface area contributed by atoms with Crippen LogP contribution in [-0.4, -0.2) is 20.0 Å². The molecule has 1 heterocycles. The van der Waals surface area contributed by atoms with Crippen molar-refractivity contribution in [2.45, 2.75) is 13.2 Å². The molecular formula is C11H12N2O2. The molecule has 0 amide bonds. The van der Waals surface area contributed by atoms with Crippen LogP contribution in [0.15, 0.2) is 36.4 Å². The normalized spacial score (nSPS) is 10.9. The minimum absolute atomic E-state index is 0.374. The summed E-state index contributed by atoms with van der Waals surface area (Å²) in [5, 5.41) is 22.5. The topological polar surface area (TPSA) is 58.3 Å². The van der Waals surface area contributed by atoms with E-state index >= 15 is 0 Å². The van der Waals surface area contributed by atoms with Gasteiger partial charge in [-0.1, -0.05) is 18.2 Å². The van der Waals surface area contributed by atoms with E-state index in [1.54, 1.807) is 6.07 Å². The molecule has 2 N–H and O–H groups in total. The highest BCUT2D eigenvalue weighted by Crippen LogP contribution is 2.16. The molecule has 0 aliphatic carbocycles. The van der Waals surface area contributed by atoms with E-state index in [0.29, 0.717) is 5.69 Å². The van der Waals surface area contributed by atoms with Crippen LogP contribution in [0.2, 0.25) is 0 Å². The highest BCUT2D eigenvalue weighted by atomic mass is 16.5. The van der Waals surface area contributed by atoms with Gasteiger partial charge in [0.05, 0.1) is 17.1 Å². The highest BCUT2D eigenvalue weighted by molar-refractivity contribution is 5.33. The van der Waals surface area contributed by atoms with Crippen molar-refractivity contribution in [2.75, 3.05) is 0 Å². The van der Waals surface area contributed by atoms with Crippen LogP contribution in [-0.2, 0) is 0 Å². The molecule has 0 aliphatic heterocycles. The Morgan fingerprint density at radius 2 is 1.87 bits per heavy atom. The van der Waals surface area contributed by atoms with E-state index in [1.807, 2.05) is 37.3 Å². The molecule has 0 bridgehead atoms. The third-order valence-electron chi connectivity index (χ3n) is 2.12. The second kappa shape index (κ2) is 3.84. The van der Waals surface area contributed by atoms with Gasteiger partial charge >= 0.3 is 0 Å². The summed E-state index contributed by atoms with van der Waals surface area (Å²) in [7, 11) is 0. The summed E-state index contributed by atoms with van der Waals surface area (Å²) >= 11 is 0. The summed E-state index contributed by atoms with van der Waals surface area (Å²) in [6, 6.07) is 11.0. The highest BCUT2D eigenvalue weighted by Gasteiger charge is 2.12. The molecule has 1 aromatic heterocycles. The number of aliphatic hydroxyl groups excluding tert-OH is 1. The quantitative estimate of drug-likeness (QED) is 0.722. The van der Waals surface area contributed by atoms with Crippen molar-refractivity contribution in [2.24, 2.45) is 0 Å². The van der Waals surface area contributed by atoms with Crippen LogP contribution in [0.4, 0.5) is 0 Å². The van der Waals surface area contributed by atoms with Gasteiger partial charge in [0.25, 0.3) is 0 Å². The number of aromatic nitrogens is 2. The van der Waals surface area contributed by atoms with Gasteiger partial charge in [-0.05, 0) is 25.1 Å². The Bertz CT molecular complexity index is 449. The van der Waals surface area contributed by atoms with Gasteiger partial charge in [0.1, 0.15) is 0 Å². The summed E-state index contributed by atoms with van der Waals surface area (Å²) in [4.78, 5) is 0. The van der Waals surface area contributed by atoms with Crippen LogP contribution in [0, 0.1) is 6.92 Å². The number of para-hydroxylation sites is 1. The summed E-state index contributed by atoms with van der Waals surface area (Å²) < 4.78 is 1.53. The van der Waals surface area contributed by atoms with Crippen molar-refractivity contribution in [3.8, 4) is 5.69 Å². The maximum Gasteiger partial charge on any atom is 0.196 e. The predicted octanol–water partition coefficient (Wildman–Crippen LogP) is 1.16. The maximum atomic E-state index is 9.17. The van der Waals surface area contributed by atoms with Crippen LogP contribution in [0.5, 0.6) is 0 Å². The first-order valence-corrected chi connectivity index (χ1v) is 4.66. The molecule has 4 heteroatoms. The molecule has 0 spiro atoms. The predicted molar refractivity (Wildman–Crippen MR) is 55.5 cm³/mol. The van der Waals surface area contributed by atoms with E-state index in [9.17, 15) is 10.2 Å². The van der Waals surface area contributed by atoms with E-state index in [2.05, 4.69) is 5.10 Å². The third-order valence-corrected chi connectivity index (χ3v) is 2.12. The van der Waals surface area contributed by atoms with Crippen LogP contribution in [0.3, 0.4) is 0 Å². The molecule has 0 saturated carbocycles. The number of aliphatic hydroxyl groups is 2. The molecule has 0 atom stereocenters.